The molecule has 0 unspecified atom stereocenters. The lowest BCUT2D eigenvalue weighted by atomic mass is 10.2. The molecule has 0 spiro atoms. The van der Waals surface area contributed by atoms with Crippen molar-refractivity contribution in [3.05, 3.63) is 86.8 Å². The Morgan fingerprint density at radius 3 is 2.13 bits per heavy atom. The Labute approximate surface area is 173 Å². The summed E-state index contributed by atoms with van der Waals surface area (Å²) in [6.07, 6.45) is 0.934. The van der Waals surface area contributed by atoms with Crippen molar-refractivity contribution in [2.45, 2.75) is 16.3 Å². The van der Waals surface area contributed by atoms with Gasteiger partial charge in [-0.05, 0) is 24.3 Å². The molecule has 150 valence electrons. The maximum atomic E-state index is 13.3. The number of benzene rings is 2. The molecule has 0 atom stereocenters. The zero-order valence-electron chi connectivity index (χ0n) is 15.3. The molecule has 4 rings (SSSR count). The standard InChI is InChI=1S/C20H14N4O5S/c21-19(26)13-9-12(24(28)29)10-22(20(13)27)11-18(25)23-14-5-1-3-7-16(14)30-17-8-4-2-6-15(17)23/h1-10H,11H2,(H2,21,26). The Morgan fingerprint density at radius 1 is 1.03 bits per heavy atom. The summed E-state index contributed by atoms with van der Waals surface area (Å²) >= 11 is 1.51. The van der Waals surface area contributed by atoms with Gasteiger partial charge < -0.3 is 5.73 Å². The van der Waals surface area contributed by atoms with Crippen LogP contribution in [0.15, 0.2) is 75.4 Å². The number of aromatic nitrogens is 1. The number of fused-ring (bicyclic) bond motifs is 2. The van der Waals surface area contributed by atoms with E-state index in [0.717, 1.165) is 26.6 Å². The molecule has 10 heteroatoms. The van der Waals surface area contributed by atoms with E-state index in [-0.39, 0.29) is 0 Å². The number of hydrogen-bond acceptors (Lipinski definition) is 6. The van der Waals surface area contributed by atoms with E-state index in [1.165, 1.54) is 16.7 Å². The molecule has 2 heterocycles. The van der Waals surface area contributed by atoms with Crippen LogP contribution in [-0.2, 0) is 11.3 Å². The van der Waals surface area contributed by atoms with Gasteiger partial charge >= 0.3 is 0 Å². The smallest absolute Gasteiger partial charge is 0.286 e. The first-order chi connectivity index (χ1) is 14.4. The highest BCUT2D eigenvalue weighted by Crippen LogP contribution is 2.47. The van der Waals surface area contributed by atoms with Gasteiger partial charge in [-0.25, -0.2) is 0 Å². The highest BCUT2D eigenvalue weighted by Gasteiger charge is 2.29. The third-order valence-corrected chi connectivity index (χ3v) is 5.67. The van der Waals surface area contributed by atoms with Gasteiger partial charge in [0, 0.05) is 15.9 Å². The lowest BCUT2D eigenvalue weighted by Gasteiger charge is -2.31. The molecule has 0 bridgehead atoms. The average molecular weight is 422 g/mol. The summed E-state index contributed by atoms with van der Waals surface area (Å²) < 4.78 is 0.841. The number of rotatable bonds is 4. The van der Waals surface area contributed by atoms with E-state index < -0.39 is 40.1 Å². The number of carbonyl (C=O) groups excluding carboxylic acids is 2. The van der Waals surface area contributed by atoms with Crippen molar-refractivity contribution in [3.63, 3.8) is 0 Å². The fraction of sp³-hybridized carbons (Fsp3) is 0.0500. The molecule has 2 aromatic carbocycles. The van der Waals surface area contributed by atoms with E-state index >= 15 is 0 Å². The van der Waals surface area contributed by atoms with Crippen LogP contribution >= 0.6 is 11.8 Å². The molecule has 1 aliphatic heterocycles. The van der Waals surface area contributed by atoms with Crippen molar-refractivity contribution < 1.29 is 14.5 Å². The average Bonchev–Trinajstić information content (AvgIpc) is 2.72. The Morgan fingerprint density at radius 2 is 1.60 bits per heavy atom. The third-order valence-electron chi connectivity index (χ3n) is 4.54. The molecule has 3 aromatic rings. The minimum atomic E-state index is -1.10. The maximum Gasteiger partial charge on any atom is 0.286 e. The van der Waals surface area contributed by atoms with Gasteiger partial charge in [0.05, 0.1) is 22.5 Å². The molecule has 0 aliphatic carbocycles. The number of nitro groups is 1. The van der Waals surface area contributed by atoms with E-state index in [9.17, 15) is 24.5 Å². The summed E-state index contributed by atoms with van der Waals surface area (Å²) in [5.74, 6) is -1.59. The van der Waals surface area contributed by atoms with Crippen LogP contribution in [0, 0.1) is 10.1 Å². The molecule has 0 radical (unpaired) electrons. The van der Waals surface area contributed by atoms with E-state index in [0.29, 0.717) is 11.4 Å². The Hall–Kier alpha value is -3.92. The molecular weight excluding hydrogens is 408 g/mol. The van der Waals surface area contributed by atoms with E-state index in [1.54, 1.807) is 24.3 Å². The lowest BCUT2D eigenvalue weighted by molar-refractivity contribution is -0.385. The van der Waals surface area contributed by atoms with Crippen molar-refractivity contribution in [1.82, 2.24) is 4.57 Å². The second kappa shape index (κ2) is 7.48. The van der Waals surface area contributed by atoms with Crippen LogP contribution in [0.3, 0.4) is 0 Å². The van der Waals surface area contributed by atoms with Crippen molar-refractivity contribution >= 4 is 40.6 Å². The summed E-state index contributed by atoms with van der Waals surface area (Å²) in [6, 6.07) is 15.4. The largest absolute Gasteiger partial charge is 0.365 e. The number of para-hydroxylation sites is 2. The molecule has 0 fully saturated rings. The summed E-state index contributed by atoms with van der Waals surface area (Å²) in [6.45, 7) is -0.506. The second-order valence-electron chi connectivity index (χ2n) is 6.43. The van der Waals surface area contributed by atoms with Crippen molar-refractivity contribution in [2.24, 2.45) is 5.73 Å². The van der Waals surface area contributed by atoms with Crippen LogP contribution in [0.4, 0.5) is 17.1 Å². The molecule has 2 amide bonds. The molecule has 0 saturated heterocycles. The number of nitrogens with two attached hydrogens (primary N) is 1. The molecule has 30 heavy (non-hydrogen) atoms. The number of amides is 2. The van der Waals surface area contributed by atoms with Gasteiger partial charge in [-0.1, -0.05) is 36.0 Å². The van der Waals surface area contributed by atoms with Gasteiger partial charge in [-0.3, -0.25) is 34.0 Å². The highest BCUT2D eigenvalue weighted by molar-refractivity contribution is 7.99. The first-order valence-corrected chi connectivity index (χ1v) is 9.56. The van der Waals surface area contributed by atoms with E-state index in [4.69, 9.17) is 5.73 Å². The number of primary amides is 1. The summed E-state index contributed by atoms with van der Waals surface area (Å²) in [5.41, 5.74) is 4.53. The van der Waals surface area contributed by atoms with Gasteiger partial charge in [0.25, 0.3) is 23.1 Å². The van der Waals surface area contributed by atoms with Crippen LogP contribution in [0.1, 0.15) is 10.4 Å². The lowest BCUT2D eigenvalue weighted by Crippen LogP contribution is -2.37. The summed E-state index contributed by atoms with van der Waals surface area (Å²) in [5, 5.41) is 11.2. The fourth-order valence-electron chi connectivity index (χ4n) is 3.20. The van der Waals surface area contributed by atoms with Crippen LogP contribution in [0.5, 0.6) is 0 Å². The maximum absolute atomic E-state index is 13.3. The summed E-state index contributed by atoms with van der Waals surface area (Å²) in [7, 11) is 0. The van der Waals surface area contributed by atoms with Crippen molar-refractivity contribution in [1.29, 1.82) is 0 Å². The Bertz CT molecular complexity index is 1220. The van der Waals surface area contributed by atoms with E-state index in [1.807, 2.05) is 24.3 Å². The second-order valence-corrected chi connectivity index (χ2v) is 7.52. The zero-order chi connectivity index (χ0) is 21.4. The highest BCUT2D eigenvalue weighted by atomic mass is 32.2. The van der Waals surface area contributed by atoms with Gasteiger partial charge in [-0.2, -0.15) is 0 Å². The predicted octanol–water partition coefficient (Wildman–Crippen LogP) is 2.68. The number of hydrogen-bond donors (Lipinski definition) is 1. The molecule has 9 nitrogen and oxygen atoms in total. The van der Waals surface area contributed by atoms with Crippen molar-refractivity contribution in [3.8, 4) is 0 Å². The van der Waals surface area contributed by atoms with Gasteiger partial charge in [0.1, 0.15) is 12.1 Å². The number of nitrogens with zero attached hydrogens (tertiary/aromatic N) is 3. The third kappa shape index (κ3) is 3.33. The Balaban J connectivity index is 1.80. The van der Waals surface area contributed by atoms with Crippen LogP contribution in [-0.4, -0.2) is 21.3 Å². The molecule has 0 saturated carbocycles. The summed E-state index contributed by atoms with van der Waals surface area (Å²) in [4.78, 5) is 51.0. The predicted molar refractivity (Wildman–Crippen MR) is 110 cm³/mol. The first-order valence-electron chi connectivity index (χ1n) is 8.74. The van der Waals surface area contributed by atoms with E-state index in [2.05, 4.69) is 0 Å². The fourth-order valence-corrected chi connectivity index (χ4v) is 4.26. The van der Waals surface area contributed by atoms with Gasteiger partial charge in [-0.15, -0.1) is 0 Å². The molecule has 1 aliphatic rings. The SMILES string of the molecule is NC(=O)c1cc([N+](=O)[O-])cn(CC(=O)N2c3ccccc3Sc3ccccc32)c1=O. The normalized spacial score (nSPS) is 12.1. The first kappa shape index (κ1) is 19.4. The minimum absolute atomic E-state index is 0.492. The monoisotopic (exact) mass is 422 g/mol. The quantitative estimate of drug-likeness (QED) is 0.508. The van der Waals surface area contributed by atoms with Crippen LogP contribution in [0.25, 0.3) is 0 Å². The number of carbonyl (C=O) groups is 2. The zero-order valence-corrected chi connectivity index (χ0v) is 16.2. The van der Waals surface area contributed by atoms with Gasteiger partial charge in [0.15, 0.2) is 0 Å². The molecule has 2 N–H and O–H groups in total. The Kier molecular flexibility index (Phi) is 4.84. The molecule has 1 aromatic heterocycles. The van der Waals surface area contributed by atoms with Crippen LogP contribution < -0.4 is 16.2 Å². The molecular formula is C20H14N4O5S. The topological polar surface area (TPSA) is 129 Å². The van der Waals surface area contributed by atoms with Crippen LogP contribution in [0.2, 0.25) is 0 Å². The van der Waals surface area contributed by atoms with Gasteiger partial charge in [0.2, 0.25) is 0 Å². The number of pyridine rings is 1. The van der Waals surface area contributed by atoms with Crippen molar-refractivity contribution in [2.75, 3.05) is 4.90 Å². The minimum Gasteiger partial charge on any atom is -0.365 e. The number of anilines is 2.